The Bertz CT molecular complexity index is 2580. The Balaban J connectivity index is 1.23. The average Bonchev–Trinajstić information content (AvgIpc) is 3.67. The summed E-state index contributed by atoms with van der Waals surface area (Å²) in [5.41, 5.74) is 6.70. The van der Waals surface area contributed by atoms with Crippen LogP contribution in [0.4, 0.5) is 0 Å². The van der Waals surface area contributed by atoms with E-state index in [9.17, 15) is 5.26 Å². The van der Waals surface area contributed by atoms with Crippen molar-refractivity contribution < 1.29 is 0 Å². The molecule has 4 bridgehead atoms. The summed E-state index contributed by atoms with van der Waals surface area (Å²) in [4.78, 5) is 16.4. The molecule has 8 aromatic rings. The third-order valence-electron chi connectivity index (χ3n) is 12.1. The first kappa shape index (κ1) is 28.1. The lowest BCUT2D eigenvalue weighted by Crippen LogP contribution is -2.49. The van der Waals surface area contributed by atoms with Gasteiger partial charge in [0, 0.05) is 32.5 Å². The summed E-state index contributed by atoms with van der Waals surface area (Å²) >= 11 is 0. The number of hydrogen-bond donors (Lipinski definition) is 0. The highest BCUT2D eigenvalue weighted by atomic mass is 15.2. The minimum atomic E-state index is -0.0558. The van der Waals surface area contributed by atoms with Gasteiger partial charge in [0.1, 0.15) is 5.82 Å². The molecule has 0 aliphatic heterocycles. The predicted octanol–water partition coefficient (Wildman–Crippen LogP) is 10.1. The molecule has 3 heterocycles. The highest BCUT2D eigenvalue weighted by molar-refractivity contribution is 6.10. The van der Waals surface area contributed by atoms with Gasteiger partial charge in [-0.15, -0.1) is 0 Å². The molecule has 3 aromatic heterocycles. The van der Waals surface area contributed by atoms with Gasteiger partial charge in [-0.05, 0) is 98.7 Å². The highest BCUT2D eigenvalue weighted by Gasteiger charge is 2.53. The molecule has 0 spiro atoms. The van der Waals surface area contributed by atoms with Gasteiger partial charge in [0.15, 0.2) is 5.82 Å². The van der Waals surface area contributed by atoms with Crippen LogP contribution in [0.5, 0.6) is 0 Å². The summed E-state index contributed by atoms with van der Waals surface area (Å²) < 4.78 is 4.55. The maximum absolute atomic E-state index is 10.2. The van der Waals surface area contributed by atoms with E-state index < -0.39 is 0 Å². The summed E-state index contributed by atoms with van der Waals surface area (Å²) in [5.74, 6) is 4.42. The van der Waals surface area contributed by atoms with Gasteiger partial charge in [-0.3, -0.25) is 4.57 Å². The normalized spacial score (nSPS) is 22.6. The Morgan fingerprint density at radius 2 is 1.04 bits per heavy atom. The Labute approximate surface area is 289 Å². The lowest BCUT2D eigenvalue weighted by Gasteiger charge is -2.55. The van der Waals surface area contributed by atoms with E-state index >= 15 is 0 Å². The number of hydrogen-bond acceptors (Lipinski definition) is 4. The molecule has 6 nitrogen and oxygen atoms in total. The summed E-state index contributed by atoms with van der Waals surface area (Å²) in [6, 6.07) is 42.6. The van der Waals surface area contributed by atoms with Crippen LogP contribution in [-0.2, 0) is 5.41 Å². The topological polar surface area (TPSA) is 72.3 Å². The first-order valence-electron chi connectivity index (χ1n) is 17.9. The van der Waals surface area contributed by atoms with Crippen LogP contribution in [0.2, 0.25) is 0 Å². The fourth-order valence-corrected chi connectivity index (χ4v) is 10.5. The van der Waals surface area contributed by atoms with E-state index in [0.29, 0.717) is 17.3 Å². The summed E-state index contributed by atoms with van der Waals surface area (Å²) in [7, 11) is 0. The van der Waals surface area contributed by atoms with E-state index in [1.54, 1.807) is 0 Å². The second-order valence-corrected chi connectivity index (χ2v) is 15.1. The molecule has 0 N–H and O–H groups in total. The van der Waals surface area contributed by atoms with Crippen molar-refractivity contribution in [3.05, 3.63) is 127 Å². The second kappa shape index (κ2) is 10.4. The van der Waals surface area contributed by atoms with E-state index in [4.69, 9.17) is 15.0 Å². The first-order valence-corrected chi connectivity index (χ1v) is 17.9. The molecule has 0 unspecified atom stereocenters. The van der Waals surface area contributed by atoms with Crippen molar-refractivity contribution in [2.24, 2.45) is 17.8 Å². The van der Waals surface area contributed by atoms with Crippen LogP contribution in [0.15, 0.2) is 115 Å². The van der Waals surface area contributed by atoms with E-state index in [1.807, 2.05) is 12.1 Å². The van der Waals surface area contributed by atoms with Crippen LogP contribution in [0.3, 0.4) is 0 Å². The summed E-state index contributed by atoms with van der Waals surface area (Å²) in [5, 5.41) is 14.9. The average molecular weight is 647 g/mol. The molecule has 6 heteroatoms. The van der Waals surface area contributed by atoms with Crippen molar-refractivity contribution >= 4 is 43.6 Å². The van der Waals surface area contributed by atoms with Crippen LogP contribution in [-0.4, -0.2) is 24.1 Å². The van der Waals surface area contributed by atoms with Crippen LogP contribution in [0, 0.1) is 29.1 Å². The largest absolute Gasteiger partial charge is 0.309 e. The fourth-order valence-electron chi connectivity index (χ4n) is 10.5. The lowest BCUT2D eigenvalue weighted by molar-refractivity contribution is -0.00944. The molecule has 0 atom stereocenters. The van der Waals surface area contributed by atoms with E-state index in [2.05, 4.69) is 118 Å². The number of benzene rings is 5. The molecule has 0 saturated heterocycles. The number of fused-ring (bicyclic) bond motifs is 6. The van der Waals surface area contributed by atoms with Crippen LogP contribution in [0.1, 0.15) is 49.9 Å². The molecule has 4 saturated carbocycles. The van der Waals surface area contributed by atoms with Crippen LogP contribution >= 0.6 is 0 Å². The van der Waals surface area contributed by atoms with Gasteiger partial charge in [-0.25, -0.2) is 4.98 Å². The second-order valence-electron chi connectivity index (χ2n) is 15.1. The molecule has 4 aliphatic rings. The Morgan fingerprint density at radius 3 is 1.54 bits per heavy atom. The smallest absolute Gasteiger partial charge is 0.238 e. The van der Waals surface area contributed by atoms with Gasteiger partial charge in [0.2, 0.25) is 5.95 Å². The molecule has 50 heavy (non-hydrogen) atoms. The van der Waals surface area contributed by atoms with Gasteiger partial charge in [-0.2, -0.15) is 15.2 Å². The minimum Gasteiger partial charge on any atom is -0.309 e. The zero-order valence-corrected chi connectivity index (χ0v) is 27.6. The number of nitrogens with zero attached hydrogens (tertiary/aromatic N) is 6. The molecule has 4 fully saturated rings. The number of nitriles is 1. The molecule has 240 valence electrons. The summed E-state index contributed by atoms with van der Waals surface area (Å²) in [6.45, 7) is 0. The van der Waals surface area contributed by atoms with Gasteiger partial charge in [0.05, 0.1) is 39.4 Å². The molecule has 12 rings (SSSR count). The molecule has 0 amide bonds. The van der Waals surface area contributed by atoms with Gasteiger partial charge < -0.3 is 4.57 Å². The van der Waals surface area contributed by atoms with Crippen LogP contribution < -0.4 is 0 Å². The van der Waals surface area contributed by atoms with Gasteiger partial charge >= 0.3 is 0 Å². The van der Waals surface area contributed by atoms with E-state index in [-0.39, 0.29) is 5.41 Å². The third-order valence-corrected chi connectivity index (χ3v) is 12.1. The standard InChI is InChI=1S/C44H34N6/c45-26-27-17-18-40(49-36-13-5-1-9-31(36)32-10-2-6-14-37(32)49)35(22-27)41-46-42(44-23-28-19-29(24-44)21-30(20-28)25-44)48-43(47-41)50-38-15-7-3-11-33(38)34-12-4-8-16-39(34)50/h1-18,22,28-30H,19-21,23-25H2. The number of rotatable bonds is 4. The number of para-hydroxylation sites is 4. The maximum atomic E-state index is 10.2. The SMILES string of the molecule is N#Cc1ccc(-n2c3ccccc3c3ccccc32)c(-c2nc(-n3c4ccccc4c4ccccc43)nc(C34CC5CC(CC(C5)C3)C4)n2)c1. The molecule has 5 aromatic carbocycles. The lowest BCUT2D eigenvalue weighted by atomic mass is 9.49. The minimum absolute atomic E-state index is 0.0558. The summed E-state index contributed by atoms with van der Waals surface area (Å²) in [6.07, 6.45) is 7.48. The third kappa shape index (κ3) is 3.98. The Kier molecular flexibility index (Phi) is 5.81. The molecule has 4 aliphatic carbocycles. The van der Waals surface area contributed by atoms with Gasteiger partial charge in [0.25, 0.3) is 0 Å². The molecular weight excluding hydrogens is 613 g/mol. The Morgan fingerprint density at radius 1 is 0.560 bits per heavy atom. The Hall–Kier alpha value is -5.80. The van der Waals surface area contributed by atoms with E-state index in [1.165, 1.54) is 40.8 Å². The van der Waals surface area contributed by atoms with Crippen molar-refractivity contribution in [1.82, 2.24) is 24.1 Å². The molecule has 0 radical (unpaired) electrons. The molecular formula is C44H34N6. The van der Waals surface area contributed by atoms with Crippen molar-refractivity contribution in [2.45, 2.75) is 43.9 Å². The highest BCUT2D eigenvalue weighted by Crippen LogP contribution is 2.60. The van der Waals surface area contributed by atoms with Gasteiger partial charge in [-0.1, -0.05) is 72.8 Å². The monoisotopic (exact) mass is 646 g/mol. The quantitative estimate of drug-likeness (QED) is 0.191. The zero-order valence-electron chi connectivity index (χ0n) is 27.6. The van der Waals surface area contributed by atoms with Crippen molar-refractivity contribution in [3.8, 4) is 29.1 Å². The number of aromatic nitrogens is 5. The fraction of sp³-hybridized carbons (Fsp3) is 0.227. The maximum Gasteiger partial charge on any atom is 0.238 e. The van der Waals surface area contributed by atoms with Crippen molar-refractivity contribution in [3.63, 3.8) is 0 Å². The predicted molar refractivity (Wildman–Crippen MR) is 199 cm³/mol. The van der Waals surface area contributed by atoms with Crippen molar-refractivity contribution in [2.75, 3.05) is 0 Å². The first-order chi connectivity index (χ1) is 24.7. The van der Waals surface area contributed by atoms with Crippen LogP contribution in [0.25, 0.3) is 66.6 Å². The van der Waals surface area contributed by atoms with E-state index in [0.717, 1.165) is 76.2 Å². The zero-order chi connectivity index (χ0) is 33.0. The van der Waals surface area contributed by atoms with Crippen molar-refractivity contribution in [1.29, 1.82) is 5.26 Å².